The van der Waals surface area contributed by atoms with Crippen LogP contribution in [0.5, 0.6) is 0 Å². The van der Waals surface area contributed by atoms with Gasteiger partial charge in [0.1, 0.15) is 11.2 Å². The van der Waals surface area contributed by atoms with Crippen molar-refractivity contribution in [3.05, 3.63) is 194 Å². The number of rotatable bonds is 3. The lowest BCUT2D eigenvalue weighted by atomic mass is 9.82. The van der Waals surface area contributed by atoms with Gasteiger partial charge in [-0.2, -0.15) is 0 Å². The van der Waals surface area contributed by atoms with E-state index in [9.17, 15) is 0 Å². The summed E-state index contributed by atoms with van der Waals surface area (Å²) >= 11 is 1.86. The van der Waals surface area contributed by atoms with Gasteiger partial charge < -0.3 is 4.42 Å². The van der Waals surface area contributed by atoms with Gasteiger partial charge >= 0.3 is 0 Å². The molecule has 0 spiro atoms. The molecular formula is C56H32OS. The second kappa shape index (κ2) is 12.1. The van der Waals surface area contributed by atoms with Gasteiger partial charge in [-0.15, -0.1) is 11.3 Å². The molecule has 0 saturated carbocycles. The molecule has 11 aromatic carbocycles. The van der Waals surface area contributed by atoms with E-state index in [0.29, 0.717) is 0 Å². The van der Waals surface area contributed by atoms with Crippen molar-refractivity contribution in [2.75, 3.05) is 0 Å². The minimum Gasteiger partial charge on any atom is -0.455 e. The molecule has 0 radical (unpaired) electrons. The van der Waals surface area contributed by atoms with Crippen molar-refractivity contribution in [2.24, 2.45) is 0 Å². The average Bonchev–Trinajstić information content (AvgIpc) is 3.85. The van der Waals surface area contributed by atoms with Crippen LogP contribution in [-0.4, -0.2) is 0 Å². The predicted molar refractivity (Wildman–Crippen MR) is 250 cm³/mol. The molecule has 0 fully saturated rings. The van der Waals surface area contributed by atoms with Crippen molar-refractivity contribution in [2.45, 2.75) is 0 Å². The number of benzene rings is 11. The molecular weight excluding hydrogens is 721 g/mol. The van der Waals surface area contributed by atoms with Gasteiger partial charge in [-0.3, -0.25) is 0 Å². The highest BCUT2D eigenvalue weighted by molar-refractivity contribution is 7.26. The van der Waals surface area contributed by atoms with Crippen LogP contribution in [0, 0.1) is 0 Å². The van der Waals surface area contributed by atoms with Crippen LogP contribution < -0.4 is 0 Å². The van der Waals surface area contributed by atoms with Crippen LogP contribution in [0.1, 0.15) is 0 Å². The van der Waals surface area contributed by atoms with E-state index in [-0.39, 0.29) is 0 Å². The molecule has 2 heterocycles. The van der Waals surface area contributed by atoms with Crippen LogP contribution in [0.3, 0.4) is 0 Å². The molecule has 0 saturated heterocycles. The van der Waals surface area contributed by atoms with Gasteiger partial charge in [0.15, 0.2) is 0 Å². The normalized spacial score (nSPS) is 12.1. The van der Waals surface area contributed by atoms with Crippen molar-refractivity contribution < 1.29 is 4.42 Å². The summed E-state index contributed by atoms with van der Waals surface area (Å²) < 4.78 is 9.60. The molecule has 13 rings (SSSR count). The fraction of sp³-hybridized carbons (Fsp3) is 0. The minimum absolute atomic E-state index is 0.927. The van der Waals surface area contributed by atoms with E-state index in [1.165, 1.54) is 107 Å². The highest BCUT2D eigenvalue weighted by Gasteiger charge is 2.23. The van der Waals surface area contributed by atoms with E-state index < -0.39 is 0 Å². The van der Waals surface area contributed by atoms with Gasteiger partial charge in [0.05, 0.1) is 0 Å². The summed E-state index contributed by atoms with van der Waals surface area (Å²) in [6.07, 6.45) is 0. The Balaban J connectivity index is 1.12. The molecule has 0 bridgehead atoms. The Bertz CT molecular complexity index is 3800. The van der Waals surface area contributed by atoms with E-state index in [2.05, 4.69) is 194 Å². The molecule has 58 heavy (non-hydrogen) atoms. The summed E-state index contributed by atoms with van der Waals surface area (Å²) in [6.45, 7) is 0. The van der Waals surface area contributed by atoms with Crippen LogP contribution in [-0.2, 0) is 0 Å². The van der Waals surface area contributed by atoms with Gasteiger partial charge in [-0.05, 0) is 106 Å². The highest BCUT2D eigenvalue weighted by atomic mass is 32.1. The van der Waals surface area contributed by atoms with Gasteiger partial charge in [-0.1, -0.05) is 170 Å². The van der Waals surface area contributed by atoms with Crippen molar-refractivity contribution in [3.8, 4) is 33.4 Å². The van der Waals surface area contributed by atoms with Crippen molar-refractivity contribution >= 4 is 107 Å². The van der Waals surface area contributed by atoms with Gasteiger partial charge in [0.2, 0.25) is 0 Å². The Labute approximate surface area is 337 Å². The first-order chi connectivity index (χ1) is 28.8. The van der Waals surface area contributed by atoms with Crippen molar-refractivity contribution in [1.82, 2.24) is 0 Å². The number of thiophene rings is 1. The summed E-state index contributed by atoms with van der Waals surface area (Å²) in [5.74, 6) is 0. The van der Waals surface area contributed by atoms with E-state index in [0.717, 1.165) is 22.1 Å². The lowest BCUT2D eigenvalue weighted by Crippen LogP contribution is -1.93. The summed E-state index contributed by atoms with van der Waals surface area (Å²) in [7, 11) is 0. The molecule has 0 aliphatic heterocycles. The lowest BCUT2D eigenvalue weighted by molar-refractivity contribution is 0.671. The topological polar surface area (TPSA) is 13.1 Å². The summed E-state index contributed by atoms with van der Waals surface area (Å²) in [5.41, 5.74) is 9.21. The quantitative estimate of drug-likeness (QED) is 0.164. The molecule has 0 atom stereocenters. The molecule has 0 amide bonds. The van der Waals surface area contributed by atoms with E-state index in [1.807, 2.05) is 11.3 Å². The first-order valence-electron chi connectivity index (χ1n) is 19.9. The maximum Gasteiger partial charge on any atom is 0.143 e. The van der Waals surface area contributed by atoms with E-state index in [4.69, 9.17) is 4.42 Å². The third kappa shape index (κ3) is 4.41. The Kier molecular flexibility index (Phi) is 6.66. The SMILES string of the molecule is c1ccc2c(-c3c4ccccc4c(-c4ccc(-c5c6ccccc6cc6c5oc5ccc7c8ccccc8sc7c56)c5ccccc45)c4ccccc34)cccc2c1. The Morgan fingerprint density at radius 3 is 1.48 bits per heavy atom. The number of furan rings is 1. The molecule has 0 aliphatic rings. The van der Waals surface area contributed by atoms with Gasteiger partial charge in [-0.25, -0.2) is 0 Å². The maximum atomic E-state index is 7.02. The van der Waals surface area contributed by atoms with Gasteiger partial charge in [0, 0.05) is 36.5 Å². The molecule has 2 aromatic heterocycles. The summed E-state index contributed by atoms with van der Waals surface area (Å²) in [6, 6.07) is 71.4. The molecule has 0 aliphatic carbocycles. The number of hydrogen-bond acceptors (Lipinski definition) is 2. The van der Waals surface area contributed by atoms with Crippen LogP contribution in [0.2, 0.25) is 0 Å². The zero-order chi connectivity index (χ0) is 37.9. The first-order valence-corrected chi connectivity index (χ1v) is 20.7. The zero-order valence-corrected chi connectivity index (χ0v) is 32.1. The molecule has 0 unspecified atom stereocenters. The lowest BCUT2D eigenvalue weighted by Gasteiger charge is -2.20. The van der Waals surface area contributed by atoms with Crippen molar-refractivity contribution in [3.63, 3.8) is 0 Å². The summed E-state index contributed by atoms with van der Waals surface area (Å²) in [4.78, 5) is 0. The first kappa shape index (κ1) is 31.9. The Hall–Kier alpha value is -7.26. The second-order valence-electron chi connectivity index (χ2n) is 15.4. The molecule has 1 nitrogen and oxygen atoms in total. The number of fused-ring (bicyclic) bond motifs is 12. The number of hydrogen-bond donors (Lipinski definition) is 0. The smallest absolute Gasteiger partial charge is 0.143 e. The minimum atomic E-state index is 0.927. The summed E-state index contributed by atoms with van der Waals surface area (Å²) in [5, 5.41) is 17.3. The van der Waals surface area contributed by atoms with E-state index >= 15 is 0 Å². The third-order valence-electron chi connectivity index (χ3n) is 12.4. The van der Waals surface area contributed by atoms with Crippen LogP contribution >= 0.6 is 11.3 Å². The fourth-order valence-corrected chi connectivity index (χ4v) is 11.3. The zero-order valence-electron chi connectivity index (χ0n) is 31.3. The Morgan fingerprint density at radius 2 is 0.810 bits per heavy atom. The van der Waals surface area contributed by atoms with Gasteiger partial charge in [0.25, 0.3) is 0 Å². The predicted octanol–water partition coefficient (Wildman–Crippen LogP) is 16.7. The highest BCUT2D eigenvalue weighted by Crippen LogP contribution is 2.50. The maximum absolute atomic E-state index is 7.02. The average molecular weight is 753 g/mol. The molecule has 268 valence electrons. The Morgan fingerprint density at radius 1 is 0.310 bits per heavy atom. The largest absolute Gasteiger partial charge is 0.455 e. The monoisotopic (exact) mass is 752 g/mol. The van der Waals surface area contributed by atoms with Crippen LogP contribution in [0.4, 0.5) is 0 Å². The van der Waals surface area contributed by atoms with Crippen LogP contribution in [0.25, 0.3) is 129 Å². The van der Waals surface area contributed by atoms with Crippen molar-refractivity contribution in [1.29, 1.82) is 0 Å². The standard InChI is InChI=1S/C56H32OS/c1-3-17-35-33(14-1)16-13-26-40(35)51-41-22-7-9-24-43(41)52(44-25-10-8-23-42(44)51)45-28-29-46(38-20-6-5-19-37(38)45)53-36-18-4-2-15-34(36)32-48-54-49(57-55(48)53)31-30-47-39-21-11-12-27-50(39)58-56(47)54/h1-32H. The second-order valence-corrected chi connectivity index (χ2v) is 16.5. The molecule has 13 aromatic rings. The third-order valence-corrected chi connectivity index (χ3v) is 13.6. The molecule has 0 N–H and O–H groups in total. The molecule has 2 heteroatoms. The van der Waals surface area contributed by atoms with E-state index in [1.54, 1.807) is 0 Å². The fourth-order valence-electron chi connectivity index (χ4n) is 10.00. The van der Waals surface area contributed by atoms with Crippen LogP contribution in [0.15, 0.2) is 199 Å².